The van der Waals surface area contributed by atoms with Gasteiger partial charge in [0.15, 0.2) is 0 Å². The molecule has 0 spiro atoms. The molecule has 6 rings (SSSR count). The Labute approximate surface area is 273 Å². The highest BCUT2D eigenvalue weighted by atomic mass is 16.6. The largest absolute Gasteiger partial charge is 0.457 e. The summed E-state index contributed by atoms with van der Waals surface area (Å²) < 4.78 is 18.8. The molecule has 242 valence electrons. The minimum absolute atomic E-state index is 0.180. The maximum absolute atomic E-state index is 13.4. The molecule has 1 aliphatic heterocycles. The average Bonchev–Trinajstić information content (AvgIpc) is 3.47. The Kier molecular flexibility index (Phi) is 9.08. The summed E-state index contributed by atoms with van der Waals surface area (Å²) in [5, 5.41) is 15.1. The highest BCUT2D eigenvalue weighted by Crippen LogP contribution is 2.35. The molecule has 3 heterocycles. The molecule has 3 aromatic carbocycles. The van der Waals surface area contributed by atoms with Gasteiger partial charge in [-0.2, -0.15) is 5.10 Å². The van der Waals surface area contributed by atoms with Crippen LogP contribution in [0.5, 0.6) is 11.5 Å². The van der Waals surface area contributed by atoms with Gasteiger partial charge in [-0.05, 0) is 37.3 Å². The van der Waals surface area contributed by atoms with Gasteiger partial charge >= 0.3 is 12.1 Å². The number of carbonyl (C=O) groups excluding carboxylic acids is 2. The van der Waals surface area contributed by atoms with Gasteiger partial charge in [-0.25, -0.2) is 19.3 Å². The van der Waals surface area contributed by atoms with E-state index in [0.717, 1.165) is 27.7 Å². The number of aryl methyl sites for hydroxylation is 1. The number of hydrogen-bond acceptors (Lipinski definition) is 7. The highest BCUT2D eigenvalue weighted by Gasteiger charge is 2.22. The Bertz CT molecular complexity index is 1890. The Balaban J connectivity index is 1.18. The van der Waals surface area contributed by atoms with Gasteiger partial charge in [0.05, 0.1) is 30.3 Å². The molecule has 0 bridgehead atoms. The standard InChI is InChI=1S/C36H38N6O5/c1-23-9-11-24(12-10-23)42-33(22-31(41-42)36(2,3)4)40-34(43)38-29-13-14-30(28-8-6-5-7-27(28)29)46-26-15-18-37-32(21-26)39-35(44)47-25-16-19-45-20-17-25/h5-15,18,21-22,25H,16-17,19-20H2,1-4H3,(H,37,39,44)(H2,38,40,43). The molecule has 0 radical (unpaired) electrons. The fourth-order valence-corrected chi connectivity index (χ4v) is 5.21. The van der Waals surface area contributed by atoms with Crippen LogP contribution in [-0.4, -0.2) is 46.2 Å². The first-order chi connectivity index (χ1) is 22.6. The maximum Gasteiger partial charge on any atom is 0.413 e. The van der Waals surface area contributed by atoms with E-state index < -0.39 is 12.1 Å². The molecule has 1 aliphatic rings. The van der Waals surface area contributed by atoms with E-state index in [9.17, 15) is 9.59 Å². The van der Waals surface area contributed by atoms with Gasteiger partial charge in [-0.15, -0.1) is 0 Å². The number of pyridine rings is 1. The van der Waals surface area contributed by atoms with Crippen LogP contribution in [0.2, 0.25) is 0 Å². The zero-order valence-corrected chi connectivity index (χ0v) is 26.9. The van der Waals surface area contributed by atoms with Crippen LogP contribution in [0.3, 0.4) is 0 Å². The number of amides is 3. The fraction of sp³-hybridized carbons (Fsp3) is 0.278. The number of benzene rings is 3. The van der Waals surface area contributed by atoms with E-state index in [1.54, 1.807) is 35.1 Å². The number of nitrogens with zero attached hydrogens (tertiary/aromatic N) is 3. The van der Waals surface area contributed by atoms with Gasteiger partial charge in [0.1, 0.15) is 29.2 Å². The Hall–Kier alpha value is -5.42. The molecule has 1 fully saturated rings. The van der Waals surface area contributed by atoms with Crippen LogP contribution in [0.15, 0.2) is 85.1 Å². The first-order valence-corrected chi connectivity index (χ1v) is 15.6. The fourth-order valence-electron chi connectivity index (χ4n) is 5.21. The number of hydrogen-bond donors (Lipinski definition) is 3. The number of anilines is 3. The second kappa shape index (κ2) is 13.5. The third-order valence-electron chi connectivity index (χ3n) is 7.76. The summed E-state index contributed by atoms with van der Waals surface area (Å²) in [5.74, 6) is 1.90. The van der Waals surface area contributed by atoms with Crippen LogP contribution in [-0.2, 0) is 14.9 Å². The van der Waals surface area contributed by atoms with Crippen molar-refractivity contribution in [3.8, 4) is 17.2 Å². The maximum atomic E-state index is 13.4. The summed E-state index contributed by atoms with van der Waals surface area (Å²) >= 11 is 0. The SMILES string of the molecule is Cc1ccc(-n2nc(C(C)(C)C)cc2NC(=O)Nc2ccc(Oc3ccnc(NC(=O)OC4CCOCC4)c3)c3ccccc23)cc1. The first kappa shape index (κ1) is 31.6. The van der Waals surface area contributed by atoms with E-state index in [1.807, 2.05) is 61.5 Å². The van der Waals surface area contributed by atoms with Crippen molar-refractivity contribution in [2.24, 2.45) is 0 Å². The molecule has 5 aromatic rings. The number of carbonyl (C=O) groups is 2. The lowest BCUT2D eigenvalue weighted by Crippen LogP contribution is -2.28. The molecule has 3 N–H and O–H groups in total. The molecule has 47 heavy (non-hydrogen) atoms. The van der Waals surface area contributed by atoms with Crippen molar-refractivity contribution in [3.63, 3.8) is 0 Å². The predicted molar refractivity (Wildman–Crippen MR) is 182 cm³/mol. The number of urea groups is 1. The van der Waals surface area contributed by atoms with Crippen LogP contribution in [0, 0.1) is 6.92 Å². The van der Waals surface area contributed by atoms with Crippen LogP contribution in [0.4, 0.5) is 26.9 Å². The van der Waals surface area contributed by atoms with E-state index in [4.69, 9.17) is 19.3 Å². The molecule has 0 aliphatic carbocycles. The van der Waals surface area contributed by atoms with Crippen molar-refractivity contribution in [3.05, 3.63) is 96.3 Å². The summed E-state index contributed by atoms with van der Waals surface area (Å²) in [6, 6.07) is 24.0. The minimum Gasteiger partial charge on any atom is -0.457 e. The number of nitrogens with one attached hydrogen (secondary N) is 3. The normalized spacial score (nSPS) is 13.6. The van der Waals surface area contributed by atoms with E-state index in [1.165, 1.54) is 0 Å². The molecule has 2 aromatic heterocycles. The Morgan fingerprint density at radius 2 is 1.64 bits per heavy atom. The Morgan fingerprint density at radius 1 is 0.894 bits per heavy atom. The van der Waals surface area contributed by atoms with Gasteiger partial charge in [-0.3, -0.25) is 10.6 Å². The lowest BCUT2D eigenvalue weighted by molar-refractivity contribution is 0.00590. The van der Waals surface area contributed by atoms with Gasteiger partial charge < -0.3 is 19.5 Å². The zero-order valence-electron chi connectivity index (χ0n) is 26.9. The molecule has 11 heteroatoms. The minimum atomic E-state index is -0.572. The average molecular weight is 635 g/mol. The third kappa shape index (κ3) is 7.70. The summed E-state index contributed by atoms with van der Waals surface area (Å²) in [7, 11) is 0. The van der Waals surface area contributed by atoms with Crippen molar-refractivity contribution >= 4 is 40.2 Å². The van der Waals surface area contributed by atoms with Crippen LogP contribution in [0.1, 0.15) is 44.9 Å². The predicted octanol–water partition coefficient (Wildman–Crippen LogP) is 8.19. The lowest BCUT2D eigenvalue weighted by atomic mass is 9.92. The quantitative estimate of drug-likeness (QED) is 0.165. The first-order valence-electron chi connectivity index (χ1n) is 15.6. The molecular weight excluding hydrogens is 596 g/mol. The number of fused-ring (bicyclic) bond motifs is 1. The van der Waals surface area contributed by atoms with E-state index in [0.29, 0.717) is 54.9 Å². The topological polar surface area (TPSA) is 129 Å². The monoisotopic (exact) mass is 634 g/mol. The number of rotatable bonds is 7. The van der Waals surface area contributed by atoms with Crippen molar-refractivity contribution in [1.29, 1.82) is 0 Å². The van der Waals surface area contributed by atoms with Gasteiger partial charge in [0.2, 0.25) is 0 Å². The number of ether oxygens (including phenoxy) is 3. The Morgan fingerprint density at radius 3 is 2.38 bits per heavy atom. The molecule has 0 unspecified atom stereocenters. The van der Waals surface area contributed by atoms with E-state index in [2.05, 4.69) is 41.7 Å². The molecule has 0 atom stereocenters. The van der Waals surface area contributed by atoms with Crippen molar-refractivity contribution in [1.82, 2.24) is 14.8 Å². The summed E-state index contributed by atoms with van der Waals surface area (Å²) in [6.45, 7) is 9.43. The number of aromatic nitrogens is 3. The summed E-state index contributed by atoms with van der Waals surface area (Å²) in [4.78, 5) is 30.0. The highest BCUT2D eigenvalue weighted by molar-refractivity contribution is 6.07. The van der Waals surface area contributed by atoms with Crippen LogP contribution in [0.25, 0.3) is 16.5 Å². The molecule has 1 saturated heterocycles. The zero-order chi connectivity index (χ0) is 33.0. The summed E-state index contributed by atoms with van der Waals surface area (Å²) in [5.41, 5.74) is 3.23. The third-order valence-corrected chi connectivity index (χ3v) is 7.76. The smallest absolute Gasteiger partial charge is 0.413 e. The van der Waals surface area contributed by atoms with Crippen LogP contribution < -0.4 is 20.7 Å². The van der Waals surface area contributed by atoms with E-state index in [-0.39, 0.29) is 11.5 Å². The van der Waals surface area contributed by atoms with Gasteiger partial charge in [0.25, 0.3) is 0 Å². The van der Waals surface area contributed by atoms with Gasteiger partial charge in [0, 0.05) is 47.4 Å². The molecular formula is C36H38N6O5. The second-order valence-corrected chi connectivity index (χ2v) is 12.5. The van der Waals surface area contributed by atoms with Crippen LogP contribution >= 0.6 is 0 Å². The molecule has 0 saturated carbocycles. The molecule has 3 amide bonds. The van der Waals surface area contributed by atoms with Gasteiger partial charge in [-0.1, -0.05) is 62.7 Å². The summed E-state index contributed by atoms with van der Waals surface area (Å²) in [6.07, 6.45) is 2.13. The van der Waals surface area contributed by atoms with E-state index >= 15 is 0 Å². The second-order valence-electron chi connectivity index (χ2n) is 12.5. The van der Waals surface area contributed by atoms with Crippen molar-refractivity contribution < 1.29 is 23.8 Å². The van der Waals surface area contributed by atoms with Crippen molar-refractivity contribution in [2.45, 2.75) is 52.1 Å². The molecule has 11 nitrogen and oxygen atoms in total. The lowest BCUT2D eigenvalue weighted by Gasteiger charge is -2.22. The van der Waals surface area contributed by atoms with Crippen molar-refractivity contribution in [2.75, 3.05) is 29.2 Å².